The van der Waals surface area contributed by atoms with Crippen molar-refractivity contribution in [2.24, 2.45) is 11.8 Å². The predicted octanol–water partition coefficient (Wildman–Crippen LogP) is 0.642. The topological polar surface area (TPSA) is 35.6 Å². The highest BCUT2D eigenvalue weighted by Gasteiger charge is 2.40. The summed E-state index contributed by atoms with van der Waals surface area (Å²) in [5.74, 6) is 1.85. The fraction of sp³-hybridized carbons (Fsp3) is 0.923. The second kappa shape index (κ2) is 6.97. The van der Waals surface area contributed by atoms with Gasteiger partial charge in [-0.15, -0.1) is 0 Å². The van der Waals surface area contributed by atoms with Gasteiger partial charge < -0.3 is 15.1 Å². The fourth-order valence-corrected chi connectivity index (χ4v) is 2.78. The first-order chi connectivity index (χ1) is 8.15. The quantitative estimate of drug-likeness (QED) is 0.771. The Morgan fingerprint density at radius 2 is 1.59 bits per heavy atom. The molecule has 2 aliphatic rings. The Kier molecular flexibility index (Phi) is 5.92. The predicted molar refractivity (Wildman–Crippen MR) is 70.9 cm³/mol. The maximum atomic E-state index is 11.5. The number of amides is 1. The van der Waals surface area contributed by atoms with Crippen LogP contribution in [0.4, 0.5) is 0 Å². The van der Waals surface area contributed by atoms with Crippen molar-refractivity contribution in [3.05, 3.63) is 0 Å². The van der Waals surface area contributed by atoms with Crippen molar-refractivity contribution in [1.29, 1.82) is 0 Å². The minimum Gasteiger partial charge on any atom is -0.342 e. The Balaban J connectivity index is 0.000000437. The average Bonchev–Trinajstić information content (AvgIpc) is 2.86. The normalized spacial score (nSPS) is 27.6. The molecule has 0 aliphatic carbocycles. The molecule has 4 nitrogen and oxygen atoms in total. The van der Waals surface area contributed by atoms with Crippen LogP contribution in [0.25, 0.3) is 0 Å². The van der Waals surface area contributed by atoms with E-state index in [0.717, 1.165) is 31.5 Å². The second-order valence-corrected chi connectivity index (χ2v) is 5.02. The summed E-state index contributed by atoms with van der Waals surface area (Å²) in [6.07, 6.45) is 0.664. The van der Waals surface area contributed by atoms with E-state index in [1.54, 1.807) is 0 Å². The lowest BCUT2D eigenvalue weighted by Gasteiger charge is -2.19. The summed E-state index contributed by atoms with van der Waals surface area (Å²) in [4.78, 5) is 16.1. The lowest BCUT2D eigenvalue weighted by Crippen LogP contribution is -2.32. The molecule has 1 amide bonds. The van der Waals surface area contributed by atoms with E-state index in [2.05, 4.69) is 22.0 Å². The number of rotatable bonds is 2. The van der Waals surface area contributed by atoms with Gasteiger partial charge in [0.2, 0.25) is 5.91 Å². The molecule has 17 heavy (non-hydrogen) atoms. The van der Waals surface area contributed by atoms with Gasteiger partial charge in [0.1, 0.15) is 0 Å². The Labute approximate surface area is 105 Å². The third-order valence-electron chi connectivity index (χ3n) is 3.66. The molecule has 0 aromatic heterocycles. The zero-order valence-corrected chi connectivity index (χ0v) is 11.7. The number of nitrogens with zero attached hydrogens (tertiary/aromatic N) is 2. The molecular formula is C13H27N3O. The highest BCUT2D eigenvalue weighted by atomic mass is 16.2. The van der Waals surface area contributed by atoms with Crippen LogP contribution in [0.1, 0.15) is 20.3 Å². The van der Waals surface area contributed by atoms with Crippen LogP contribution in [-0.4, -0.2) is 62.5 Å². The summed E-state index contributed by atoms with van der Waals surface area (Å²) in [6, 6.07) is 0. The molecule has 2 atom stereocenters. The first kappa shape index (κ1) is 14.5. The molecule has 2 saturated heterocycles. The molecule has 0 spiro atoms. The molecule has 2 rings (SSSR count). The Morgan fingerprint density at radius 1 is 1.12 bits per heavy atom. The second-order valence-electron chi connectivity index (χ2n) is 5.02. The van der Waals surface area contributed by atoms with Crippen molar-refractivity contribution < 1.29 is 4.79 Å². The monoisotopic (exact) mass is 241 g/mol. The van der Waals surface area contributed by atoms with Crippen LogP contribution in [0.15, 0.2) is 0 Å². The summed E-state index contributed by atoms with van der Waals surface area (Å²) in [6.45, 7) is 9.75. The number of hydrogen-bond acceptors (Lipinski definition) is 3. The molecule has 0 bridgehead atoms. The van der Waals surface area contributed by atoms with Crippen molar-refractivity contribution in [2.45, 2.75) is 20.3 Å². The van der Waals surface area contributed by atoms with E-state index in [1.165, 1.54) is 13.1 Å². The maximum absolute atomic E-state index is 11.5. The van der Waals surface area contributed by atoms with Crippen LogP contribution in [0.5, 0.6) is 0 Å². The third kappa shape index (κ3) is 3.68. The summed E-state index contributed by atoms with van der Waals surface area (Å²) in [5.41, 5.74) is 0. The SMILES string of the molecule is CCC(=O)N1C[C@H]2CN(CC)C[C@H]2C1.CNC. The Hall–Kier alpha value is -0.610. The van der Waals surface area contributed by atoms with Crippen LogP contribution >= 0.6 is 0 Å². The van der Waals surface area contributed by atoms with Crippen molar-refractivity contribution in [3.8, 4) is 0 Å². The van der Waals surface area contributed by atoms with E-state index in [9.17, 15) is 4.79 Å². The van der Waals surface area contributed by atoms with Crippen LogP contribution < -0.4 is 5.32 Å². The van der Waals surface area contributed by atoms with E-state index in [1.807, 2.05) is 21.0 Å². The van der Waals surface area contributed by atoms with E-state index in [4.69, 9.17) is 0 Å². The van der Waals surface area contributed by atoms with Crippen molar-refractivity contribution in [1.82, 2.24) is 15.1 Å². The molecule has 2 aliphatic heterocycles. The van der Waals surface area contributed by atoms with Gasteiger partial charge in [-0.3, -0.25) is 4.79 Å². The Morgan fingerprint density at radius 3 is 1.94 bits per heavy atom. The van der Waals surface area contributed by atoms with E-state index >= 15 is 0 Å². The first-order valence-electron chi connectivity index (χ1n) is 6.74. The first-order valence-corrected chi connectivity index (χ1v) is 6.74. The smallest absolute Gasteiger partial charge is 0.222 e. The zero-order valence-electron chi connectivity index (χ0n) is 11.7. The number of likely N-dealkylation sites (tertiary alicyclic amines) is 2. The van der Waals surface area contributed by atoms with Crippen molar-refractivity contribution in [3.63, 3.8) is 0 Å². The molecule has 0 aromatic rings. The zero-order chi connectivity index (χ0) is 12.8. The molecular weight excluding hydrogens is 214 g/mol. The molecule has 0 aromatic carbocycles. The van der Waals surface area contributed by atoms with Crippen molar-refractivity contribution >= 4 is 5.91 Å². The third-order valence-corrected chi connectivity index (χ3v) is 3.66. The number of carbonyl (C=O) groups is 1. The van der Waals surface area contributed by atoms with Gasteiger partial charge in [0.15, 0.2) is 0 Å². The summed E-state index contributed by atoms with van der Waals surface area (Å²) in [7, 11) is 3.75. The van der Waals surface area contributed by atoms with Crippen LogP contribution in [0, 0.1) is 11.8 Å². The maximum Gasteiger partial charge on any atom is 0.222 e. The summed E-state index contributed by atoms with van der Waals surface area (Å²) in [5, 5.41) is 2.75. The molecule has 0 radical (unpaired) electrons. The van der Waals surface area contributed by atoms with Gasteiger partial charge in [0.05, 0.1) is 0 Å². The largest absolute Gasteiger partial charge is 0.342 e. The van der Waals surface area contributed by atoms with Crippen LogP contribution in [0.2, 0.25) is 0 Å². The lowest BCUT2D eigenvalue weighted by molar-refractivity contribution is -0.130. The summed E-state index contributed by atoms with van der Waals surface area (Å²) < 4.78 is 0. The van der Waals surface area contributed by atoms with E-state index in [-0.39, 0.29) is 0 Å². The number of hydrogen-bond donors (Lipinski definition) is 1. The van der Waals surface area contributed by atoms with Gasteiger partial charge in [0.25, 0.3) is 0 Å². The van der Waals surface area contributed by atoms with E-state index < -0.39 is 0 Å². The minimum atomic E-state index is 0.336. The van der Waals surface area contributed by atoms with Gasteiger partial charge in [-0.1, -0.05) is 13.8 Å². The van der Waals surface area contributed by atoms with Crippen molar-refractivity contribution in [2.75, 3.05) is 46.8 Å². The molecule has 4 heteroatoms. The Bertz CT molecular complexity index is 231. The fourth-order valence-electron chi connectivity index (χ4n) is 2.78. The van der Waals surface area contributed by atoms with Crippen LogP contribution in [-0.2, 0) is 4.79 Å². The van der Waals surface area contributed by atoms with Gasteiger partial charge in [-0.05, 0) is 32.5 Å². The molecule has 100 valence electrons. The molecule has 2 fully saturated rings. The molecule has 1 N–H and O–H groups in total. The molecule has 0 unspecified atom stereocenters. The average molecular weight is 241 g/mol. The van der Waals surface area contributed by atoms with Crippen LogP contribution in [0.3, 0.4) is 0 Å². The van der Waals surface area contributed by atoms with Gasteiger partial charge >= 0.3 is 0 Å². The highest BCUT2D eigenvalue weighted by molar-refractivity contribution is 5.76. The lowest BCUT2D eigenvalue weighted by atomic mass is 10.0. The highest BCUT2D eigenvalue weighted by Crippen LogP contribution is 2.30. The minimum absolute atomic E-state index is 0.336. The van der Waals surface area contributed by atoms with E-state index in [0.29, 0.717) is 12.3 Å². The van der Waals surface area contributed by atoms with Gasteiger partial charge in [-0.25, -0.2) is 0 Å². The summed E-state index contributed by atoms with van der Waals surface area (Å²) >= 11 is 0. The number of fused-ring (bicyclic) bond motifs is 1. The standard InChI is InChI=1S/C11H20N2O.C2H7N/c1-3-11(14)13-7-9-5-12(4-2)6-10(9)8-13;1-3-2/h9-10H,3-8H2,1-2H3;3H,1-2H3/t9-,10+;. The van der Waals surface area contributed by atoms with Gasteiger partial charge in [0, 0.05) is 32.6 Å². The number of nitrogens with one attached hydrogen (secondary N) is 1. The molecule has 2 heterocycles. The van der Waals surface area contributed by atoms with Gasteiger partial charge in [-0.2, -0.15) is 0 Å². The molecule has 0 saturated carbocycles. The number of carbonyl (C=O) groups excluding carboxylic acids is 1.